The minimum atomic E-state index is -4.03. The van der Waals surface area contributed by atoms with E-state index in [9.17, 15) is 18.5 Å². The summed E-state index contributed by atoms with van der Waals surface area (Å²) in [5.41, 5.74) is 0.184. The molecule has 0 amide bonds. The van der Waals surface area contributed by atoms with Gasteiger partial charge in [0.2, 0.25) is 4.75 Å². The van der Waals surface area contributed by atoms with Gasteiger partial charge in [-0.1, -0.05) is 6.58 Å². The molecule has 1 aliphatic heterocycles. The van der Waals surface area contributed by atoms with Crippen LogP contribution in [0.3, 0.4) is 0 Å². The van der Waals surface area contributed by atoms with Crippen LogP contribution in [0.1, 0.15) is 19.8 Å². The Balaban J connectivity index is 2.04. The number of carbonyl (C=O) groups excluding carboxylic acids is 1. The van der Waals surface area contributed by atoms with Gasteiger partial charge in [0.05, 0.1) is 12.2 Å². The van der Waals surface area contributed by atoms with Gasteiger partial charge in [-0.15, -0.1) is 0 Å². The van der Waals surface area contributed by atoms with Crippen LogP contribution in [0.15, 0.2) is 12.2 Å². The first-order chi connectivity index (χ1) is 8.83. The summed E-state index contributed by atoms with van der Waals surface area (Å²) in [4.78, 5) is 11.7. The molecule has 2 aliphatic carbocycles. The van der Waals surface area contributed by atoms with Crippen molar-refractivity contribution in [1.82, 2.24) is 0 Å². The van der Waals surface area contributed by atoms with Crippen LogP contribution in [0.4, 0.5) is 0 Å². The fraction of sp³-hybridized carbons (Fsp3) is 0.667. The van der Waals surface area contributed by atoms with Crippen LogP contribution in [0.5, 0.6) is 0 Å². The number of hydrogen-bond acceptors (Lipinski definition) is 6. The first-order valence-corrected chi connectivity index (χ1v) is 7.45. The van der Waals surface area contributed by atoms with Crippen molar-refractivity contribution in [2.24, 2.45) is 11.8 Å². The molecule has 3 aliphatic rings. The topological polar surface area (TPSA) is 93.5 Å². The van der Waals surface area contributed by atoms with E-state index in [0.717, 1.165) is 0 Å². The Morgan fingerprint density at radius 2 is 2.21 bits per heavy atom. The van der Waals surface area contributed by atoms with Gasteiger partial charge < -0.3 is 4.74 Å². The molecule has 0 radical (unpaired) electrons. The second-order valence-electron chi connectivity index (χ2n) is 5.44. The number of carbonyl (C=O) groups is 1. The molecular weight excluding hydrogens is 270 g/mol. The van der Waals surface area contributed by atoms with Crippen molar-refractivity contribution in [1.29, 1.82) is 5.26 Å². The van der Waals surface area contributed by atoms with Gasteiger partial charge in [0, 0.05) is 17.4 Å². The highest BCUT2D eigenvalue weighted by Gasteiger charge is 2.77. The predicted octanol–water partition coefficient (Wildman–Crippen LogP) is 0.505. The maximum atomic E-state index is 12.1. The summed E-state index contributed by atoms with van der Waals surface area (Å²) < 4.78 is 32.8. The molecule has 19 heavy (non-hydrogen) atoms. The summed E-state index contributed by atoms with van der Waals surface area (Å²) >= 11 is 0. The maximum Gasteiger partial charge on any atom is 0.333 e. The molecule has 2 saturated carbocycles. The van der Waals surface area contributed by atoms with E-state index in [1.54, 1.807) is 0 Å². The van der Waals surface area contributed by atoms with Crippen LogP contribution >= 0.6 is 0 Å². The number of nitrogens with zero attached hydrogens (tertiary/aromatic N) is 1. The molecule has 0 N–H and O–H groups in total. The lowest BCUT2D eigenvalue weighted by atomic mass is 9.84. The zero-order chi connectivity index (χ0) is 14.0. The van der Waals surface area contributed by atoms with Crippen LogP contribution < -0.4 is 0 Å². The summed E-state index contributed by atoms with van der Waals surface area (Å²) in [5.74, 6) is -1.18. The smallest absolute Gasteiger partial charge is 0.333 e. The molecule has 3 rings (SSSR count). The first kappa shape index (κ1) is 12.6. The maximum absolute atomic E-state index is 12.1. The Labute approximate surface area is 111 Å². The van der Waals surface area contributed by atoms with Gasteiger partial charge in [0.1, 0.15) is 6.10 Å². The number of hydrogen-bond donors (Lipinski definition) is 0. The highest BCUT2D eigenvalue weighted by molar-refractivity contribution is 7.88. The number of nitriles is 1. The second kappa shape index (κ2) is 3.58. The van der Waals surface area contributed by atoms with E-state index in [1.807, 2.05) is 6.07 Å². The quantitative estimate of drug-likeness (QED) is 0.416. The van der Waals surface area contributed by atoms with Crippen molar-refractivity contribution in [3.05, 3.63) is 12.2 Å². The second-order valence-corrected chi connectivity index (χ2v) is 7.21. The summed E-state index contributed by atoms with van der Waals surface area (Å²) in [6.07, 6.45) is -0.322. The molecule has 5 atom stereocenters. The minimum absolute atomic E-state index is 0.129. The standard InChI is InChI=1S/C12H13NO5S/c1-6(2)11(14)17-10-7-3-8-9(4-7)18-19(15,16)12(8,10)5-13/h7-10H,1,3-4H2,2H3. The van der Waals surface area contributed by atoms with E-state index in [0.29, 0.717) is 12.8 Å². The summed E-state index contributed by atoms with van der Waals surface area (Å²) in [5, 5.41) is 9.40. The average Bonchev–Trinajstić information content (AvgIpc) is 2.87. The SMILES string of the molecule is C=C(C)C(=O)OC1C2CC3OS(=O)(=O)C1(C#N)C3C2. The van der Waals surface area contributed by atoms with Gasteiger partial charge in [-0.05, 0) is 19.8 Å². The third-order valence-electron chi connectivity index (χ3n) is 4.36. The number of esters is 1. The molecule has 1 heterocycles. The zero-order valence-corrected chi connectivity index (χ0v) is 11.1. The fourth-order valence-electron chi connectivity index (χ4n) is 3.57. The molecule has 0 aromatic rings. The van der Waals surface area contributed by atoms with Crippen molar-refractivity contribution in [3.8, 4) is 6.07 Å². The molecule has 102 valence electrons. The van der Waals surface area contributed by atoms with Crippen molar-refractivity contribution < 1.29 is 22.1 Å². The van der Waals surface area contributed by atoms with Crippen molar-refractivity contribution in [2.45, 2.75) is 36.7 Å². The largest absolute Gasteiger partial charge is 0.456 e. The predicted molar refractivity (Wildman–Crippen MR) is 63.0 cm³/mol. The molecule has 6 nitrogen and oxygen atoms in total. The Kier molecular flexibility index (Phi) is 2.38. The molecule has 7 heteroatoms. The van der Waals surface area contributed by atoms with Gasteiger partial charge in [-0.25, -0.2) is 4.79 Å². The van der Waals surface area contributed by atoms with Gasteiger partial charge >= 0.3 is 5.97 Å². The number of fused-ring (bicyclic) bond motifs is 1. The van der Waals surface area contributed by atoms with E-state index in [1.165, 1.54) is 6.92 Å². The lowest BCUT2D eigenvalue weighted by molar-refractivity contribution is -0.147. The van der Waals surface area contributed by atoms with E-state index >= 15 is 0 Å². The summed E-state index contributed by atoms with van der Waals surface area (Å²) in [6.45, 7) is 4.95. The Morgan fingerprint density at radius 1 is 1.53 bits per heavy atom. The van der Waals surface area contributed by atoms with Crippen LogP contribution in [0, 0.1) is 23.2 Å². The molecule has 5 unspecified atom stereocenters. The fourth-order valence-corrected chi connectivity index (χ4v) is 5.53. The Morgan fingerprint density at radius 3 is 2.79 bits per heavy atom. The average molecular weight is 283 g/mol. The monoisotopic (exact) mass is 283 g/mol. The van der Waals surface area contributed by atoms with Crippen molar-refractivity contribution in [3.63, 3.8) is 0 Å². The van der Waals surface area contributed by atoms with Crippen LogP contribution in [0.2, 0.25) is 0 Å². The van der Waals surface area contributed by atoms with Crippen LogP contribution in [-0.2, 0) is 23.8 Å². The molecule has 2 bridgehead atoms. The van der Waals surface area contributed by atoms with Crippen molar-refractivity contribution in [2.75, 3.05) is 0 Å². The first-order valence-electron chi connectivity index (χ1n) is 6.04. The van der Waals surface area contributed by atoms with E-state index in [-0.39, 0.29) is 11.5 Å². The van der Waals surface area contributed by atoms with Gasteiger partial charge in [-0.3, -0.25) is 4.18 Å². The van der Waals surface area contributed by atoms with Crippen molar-refractivity contribution >= 4 is 16.1 Å². The van der Waals surface area contributed by atoms with Gasteiger partial charge in [-0.2, -0.15) is 13.7 Å². The highest BCUT2D eigenvalue weighted by Crippen LogP contribution is 2.61. The molecule has 1 saturated heterocycles. The lowest BCUT2D eigenvalue weighted by Gasteiger charge is -2.30. The number of rotatable bonds is 2. The van der Waals surface area contributed by atoms with Crippen LogP contribution in [0.25, 0.3) is 0 Å². The van der Waals surface area contributed by atoms with Gasteiger partial charge in [0.25, 0.3) is 10.1 Å². The normalized spacial score (nSPS) is 44.8. The third-order valence-corrected chi connectivity index (χ3v) is 6.32. The number of ether oxygens (including phenoxy) is 1. The van der Waals surface area contributed by atoms with Crippen LogP contribution in [-0.4, -0.2) is 31.3 Å². The lowest BCUT2D eigenvalue weighted by Crippen LogP contribution is -2.51. The molecule has 0 aromatic heterocycles. The Hall–Kier alpha value is -1.39. The van der Waals surface area contributed by atoms with Gasteiger partial charge in [0.15, 0.2) is 0 Å². The van der Waals surface area contributed by atoms with E-state index in [2.05, 4.69) is 6.58 Å². The third kappa shape index (κ3) is 1.33. The summed E-state index contributed by atoms with van der Waals surface area (Å²) in [6, 6.07) is 1.87. The van der Waals surface area contributed by atoms with E-state index < -0.39 is 39.0 Å². The highest BCUT2D eigenvalue weighted by atomic mass is 32.2. The van der Waals surface area contributed by atoms with E-state index in [4.69, 9.17) is 8.92 Å². The zero-order valence-electron chi connectivity index (χ0n) is 10.3. The molecule has 0 spiro atoms. The molecule has 3 fully saturated rings. The summed E-state index contributed by atoms with van der Waals surface area (Å²) in [7, 11) is -4.03. The minimum Gasteiger partial charge on any atom is -0.456 e. The molecule has 0 aromatic carbocycles. The molecular formula is C12H13NO5S. The Bertz CT molecular complexity index is 619.